The summed E-state index contributed by atoms with van der Waals surface area (Å²) in [4.78, 5) is 0.107. The number of benzene rings is 1. The summed E-state index contributed by atoms with van der Waals surface area (Å²) in [6.07, 6.45) is 1.69. The molecule has 0 heterocycles. The average molecular weight is 338 g/mol. The first-order valence-electron chi connectivity index (χ1n) is 6.76. The summed E-state index contributed by atoms with van der Waals surface area (Å²) in [7, 11) is -3.51. The standard InChI is InChI=1S/C14H21Cl2NO2S/c1-4-8-17-13(5-2)10(3)20(18,19)14-9-11(15)6-7-12(14)16/h6-7,9-10,13,17H,4-5,8H2,1-3H3. The van der Waals surface area contributed by atoms with E-state index in [1.54, 1.807) is 13.0 Å². The van der Waals surface area contributed by atoms with E-state index in [-0.39, 0.29) is 16.0 Å². The Morgan fingerprint density at radius 2 is 1.90 bits per heavy atom. The number of nitrogens with one attached hydrogen (secondary N) is 1. The molecule has 0 aliphatic carbocycles. The van der Waals surface area contributed by atoms with Gasteiger partial charge in [0, 0.05) is 11.1 Å². The van der Waals surface area contributed by atoms with Crippen LogP contribution < -0.4 is 5.32 Å². The molecule has 1 rings (SSSR count). The Morgan fingerprint density at radius 1 is 1.25 bits per heavy atom. The molecule has 1 aromatic carbocycles. The van der Waals surface area contributed by atoms with Crippen LogP contribution in [0.25, 0.3) is 0 Å². The molecule has 1 N–H and O–H groups in total. The molecule has 2 unspecified atom stereocenters. The smallest absolute Gasteiger partial charge is 0.184 e. The number of sulfone groups is 1. The monoisotopic (exact) mass is 337 g/mol. The van der Waals surface area contributed by atoms with Crippen molar-refractivity contribution >= 4 is 33.0 Å². The second kappa shape index (κ2) is 7.64. The van der Waals surface area contributed by atoms with Crippen LogP contribution in [0.5, 0.6) is 0 Å². The molecule has 0 fully saturated rings. The lowest BCUT2D eigenvalue weighted by Crippen LogP contribution is -2.42. The second-order valence-corrected chi connectivity index (χ2v) is 7.91. The quantitative estimate of drug-likeness (QED) is 0.819. The highest BCUT2D eigenvalue weighted by molar-refractivity contribution is 7.92. The largest absolute Gasteiger partial charge is 0.313 e. The van der Waals surface area contributed by atoms with Crippen LogP contribution in [-0.4, -0.2) is 26.3 Å². The van der Waals surface area contributed by atoms with Gasteiger partial charge >= 0.3 is 0 Å². The molecule has 1 aromatic rings. The zero-order chi connectivity index (χ0) is 15.3. The maximum Gasteiger partial charge on any atom is 0.184 e. The summed E-state index contributed by atoms with van der Waals surface area (Å²) < 4.78 is 25.4. The summed E-state index contributed by atoms with van der Waals surface area (Å²) in [6.45, 7) is 6.52. The van der Waals surface area contributed by atoms with E-state index < -0.39 is 15.1 Å². The van der Waals surface area contributed by atoms with E-state index in [4.69, 9.17) is 23.2 Å². The van der Waals surface area contributed by atoms with Gasteiger partial charge in [0.15, 0.2) is 9.84 Å². The van der Waals surface area contributed by atoms with Gasteiger partial charge in [-0.25, -0.2) is 8.42 Å². The number of halogens is 2. The minimum absolute atomic E-state index is 0.102. The van der Waals surface area contributed by atoms with Gasteiger partial charge in [-0.3, -0.25) is 0 Å². The van der Waals surface area contributed by atoms with Gasteiger partial charge in [-0.1, -0.05) is 37.0 Å². The van der Waals surface area contributed by atoms with E-state index in [1.807, 2.05) is 13.8 Å². The number of hydrogen-bond acceptors (Lipinski definition) is 3. The molecule has 3 nitrogen and oxygen atoms in total. The zero-order valence-electron chi connectivity index (χ0n) is 12.0. The van der Waals surface area contributed by atoms with Crippen LogP contribution in [0, 0.1) is 0 Å². The zero-order valence-corrected chi connectivity index (χ0v) is 14.3. The molecular formula is C14H21Cl2NO2S. The van der Waals surface area contributed by atoms with E-state index >= 15 is 0 Å². The third-order valence-electron chi connectivity index (χ3n) is 3.35. The fourth-order valence-corrected chi connectivity index (χ4v) is 4.51. The Hall–Kier alpha value is -0.290. The fraction of sp³-hybridized carbons (Fsp3) is 0.571. The summed E-state index contributed by atoms with van der Waals surface area (Å²) in [5.74, 6) is 0. The van der Waals surface area contributed by atoms with E-state index in [0.29, 0.717) is 5.02 Å². The first-order chi connectivity index (χ1) is 9.34. The normalized spacial score (nSPS) is 15.1. The van der Waals surface area contributed by atoms with Crippen LogP contribution in [0.4, 0.5) is 0 Å². The molecule has 0 aromatic heterocycles. The topological polar surface area (TPSA) is 46.2 Å². The van der Waals surface area contributed by atoms with Crippen molar-refractivity contribution in [3.05, 3.63) is 28.2 Å². The van der Waals surface area contributed by atoms with Crippen molar-refractivity contribution in [1.29, 1.82) is 0 Å². The van der Waals surface area contributed by atoms with E-state index in [1.165, 1.54) is 12.1 Å². The second-order valence-electron chi connectivity index (χ2n) is 4.79. The van der Waals surface area contributed by atoms with Crippen molar-refractivity contribution in [2.45, 2.75) is 49.8 Å². The van der Waals surface area contributed by atoms with Gasteiger partial charge in [0.25, 0.3) is 0 Å². The molecule has 0 spiro atoms. The first kappa shape index (κ1) is 17.8. The van der Waals surface area contributed by atoms with Crippen molar-refractivity contribution in [2.24, 2.45) is 0 Å². The Morgan fingerprint density at radius 3 is 2.45 bits per heavy atom. The minimum atomic E-state index is -3.51. The Kier molecular flexibility index (Phi) is 6.79. The molecule has 0 radical (unpaired) electrons. The van der Waals surface area contributed by atoms with Gasteiger partial charge in [0.05, 0.1) is 15.2 Å². The highest BCUT2D eigenvalue weighted by Gasteiger charge is 2.31. The van der Waals surface area contributed by atoms with Crippen LogP contribution in [0.1, 0.15) is 33.6 Å². The maximum absolute atomic E-state index is 12.7. The Bertz CT molecular complexity index is 546. The molecule has 0 aliphatic rings. The summed E-state index contributed by atoms with van der Waals surface area (Å²) in [5, 5.41) is 3.30. The van der Waals surface area contributed by atoms with Crippen molar-refractivity contribution in [3.8, 4) is 0 Å². The molecule has 0 saturated heterocycles. The van der Waals surface area contributed by atoms with Crippen LogP contribution >= 0.6 is 23.2 Å². The maximum atomic E-state index is 12.7. The minimum Gasteiger partial charge on any atom is -0.313 e. The van der Waals surface area contributed by atoms with Crippen LogP contribution in [0.3, 0.4) is 0 Å². The van der Waals surface area contributed by atoms with Crippen molar-refractivity contribution < 1.29 is 8.42 Å². The predicted molar refractivity (Wildman–Crippen MR) is 85.5 cm³/mol. The highest BCUT2D eigenvalue weighted by atomic mass is 35.5. The molecular weight excluding hydrogens is 317 g/mol. The molecule has 0 aliphatic heterocycles. The third-order valence-corrected chi connectivity index (χ3v) is 6.29. The van der Waals surface area contributed by atoms with E-state index in [0.717, 1.165) is 19.4 Å². The molecule has 0 saturated carbocycles. The molecule has 20 heavy (non-hydrogen) atoms. The fourth-order valence-electron chi connectivity index (χ4n) is 2.08. The molecule has 0 bridgehead atoms. The SMILES string of the molecule is CCCNC(CC)C(C)S(=O)(=O)c1cc(Cl)ccc1Cl. The van der Waals surface area contributed by atoms with Crippen LogP contribution in [0.2, 0.25) is 10.0 Å². The lowest BCUT2D eigenvalue weighted by atomic mass is 10.1. The van der Waals surface area contributed by atoms with Gasteiger partial charge in [0.1, 0.15) is 0 Å². The highest BCUT2D eigenvalue weighted by Crippen LogP contribution is 2.29. The first-order valence-corrected chi connectivity index (χ1v) is 9.07. The van der Waals surface area contributed by atoms with E-state index in [2.05, 4.69) is 5.32 Å². The predicted octanol–water partition coefficient (Wildman–Crippen LogP) is 3.93. The summed E-state index contributed by atoms with van der Waals surface area (Å²) >= 11 is 11.9. The third kappa shape index (κ3) is 4.10. The Balaban J connectivity index is 3.11. The lowest BCUT2D eigenvalue weighted by molar-refractivity contribution is 0.472. The van der Waals surface area contributed by atoms with Crippen molar-refractivity contribution in [1.82, 2.24) is 5.32 Å². The van der Waals surface area contributed by atoms with Crippen molar-refractivity contribution in [2.75, 3.05) is 6.54 Å². The van der Waals surface area contributed by atoms with E-state index in [9.17, 15) is 8.42 Å². The molecule has 0 amide bonds. The van der Waals surface area contributed by atoms with Crippen molar-refractivity contribution in [3.63, 3.8) is 0 Å². The molecule has 6 heteroatoms. The van der Waals surface area contributed by atoms with Gasteiger partial charge in [-0.05, 0) is 44.5 Å². The van der Waals surface area contributed by atoms with Crippen LogP contribution in [-0.2, 0) is 9.84 Å². The molecule has 114 valence electrons. The summed E-state index contributed by atoms with van der Waals surface area (Å²) in [6, 6.07) is 4.42. The lowest BCUT2D eigenvalue weighted by Gasteiger charge is -2.24. The number of rotatable bonds is 7. The summed E-state index contributed by atoms with van der Waals surface area (Å²) in [5.41, 5.74) is 0. The van der Waals surface area contributed by atoms with Gasteiger partial charge in [-0.15, -0.1) is 0 Å². The van der Waals surface area contributed by atoms with Gasteiger partial charge < -0.3 is 5.32 Å². The van der Waals surface area contributed by atoms with Gasteiger partial charge in [-0.2, -0.15) is 0 Å². The van der Waals surface area contributed by atoms with Crippen LogP contribution in [0.15, 0.2) is 23.1 Å². The van der Waals surface area contributed by atoms with Gasteiger partial charge in [0.2, 0.25) is 0 Å². The number of hydrogen-bond donors (Lipinski definition) is 1. The molecule has 2 atom stereocenters. The Labute approximate surface area is 131 Å². The average Bonchev–Trinajstić information content (AvgIpc) is 2.42.